The second-order valence-corrected chi connectivity index (χ2v) is 7.03. The van der Waals surface area contributed by atoms with Crippen LogP contribution in [0.15, 0.2) is 24.3 Å². The van der Waals surface area contributed by atoms with Crippen molar-refractivity contribution in [3.63, 3.8) is 0 Å². The van der Waals surface area contributed by atoms with Gasteiger partial charge in [0.25, 0.3) is 0 Å². The fourth-order valence-corrected chi connectivity index (χ4v) is 4.06. The van der Waals surface area contributed by atoms with Gasteiger partial charge in [-0.25, -0.2) is 9.18 Å². The van der Waals surface area contributed by atoms with Crippen molar-refractivity contribution in [2.24, 2.45) is 0 Å². The number of carbonyl (C=O) groups is 2. The summed E-state index contributed by atoms with van der Waals surface area (Å²) in [6.07, 6.45) is 4.50. The zero-order valence-electron chi connectivity index (χ0n) is 15.3. The van der Waals surface area contributed by atoms with Crippen molar-refractivity contribution in [3.05, 3.63) is 35.6 Å². The Kier molecular flexibility index (Phi) is 6.25. The number of hydrogen-bond acceptors (Lipinski definition) is 4. The third-order valence-electron chi connectivity index (χ3n) is 5.34. The van der Waals surface area contributed by atoms with E-state index in [2.05, 4.69) is 4.90 Å². The molecule has 0 aliphatic carbocycles. The zero-order valence-corrected chi connectivity index (χ0v) is 15.3. The topological polar surface area (TPSA) is 49.9 Å². The van der Waals surface area contributed by atoms with Crippen LogP contribution in [0.2, 0.25) is 0 Å². The molecular weight excluding hydrogens is 335 g/mol. The highest BCUT2D eigenvalue weighted by molar-refractivity contribution is 5.86. The number of piperidine rings is 1. The van der Waals surface area contributed by atoms with Gasteiger partial charge >= 0.3 is 5.97 Å². The Morgan fingerprint density at radius 2 is 1.88 bits per heavy atom. The Balaban J connectivity index is 1.67. The molecule has 2 aliphatic rings. The van der Waals surface area contributed by atoms with Gasteiger partial charge in [-0.15, -0.1) is 0 Å². The predicted octanol–water partition coefficient (Wildman–Crippen LogP) is 2.91. The minimum absolute atomic E-state index is 0.0169. The molecular formula is C20H27FN2O3. The molecule has 2 atom stereocenters. The van der Waals surface area contributed by atoms with E-state index >= 15 is 0 Å². The molecule has 0 aromatic heterocycles. The lowest BCUT2D eigenvalue weighted by molar-refractivity contribution is -0.157. The Labute approximate surface area is 154 Å². The van der Waals surface area contributed by atoms with Crippen molar-refractivity contribution < 1.29 is 18.7 Å². The first-order valence-corrected chi connectivity index (χ1v) is 9.55. The summed E-state index contributed by atoms with van der Waals surface area (Å²) in [7, 11) is 0. The van der Waals surface area contributed by atoms with Gasteiger partial charge in [-0.05, 0) is 63.3 Å². The number of halogens is 1. The van der Waals surface area contributed by atoms with Crippen molar-refractivity contribution in [2.45, 2.75) is 51.1 Å². The summed E-state index contributed by atoms with van der Waals surface area (Å²) in [6, 6.07) is 6.20. The van der Waals surface area contributed by atoms with E-state index < -0.39 is 6.04 Å². The average molecular weight is 362 g/mol. The van der Waals surface area contributed by atoms with Crippen LogP contribution in [-0.4, -0.2) is 54.0 Å². The van der Waals surface area contributed by atoms with Crippen LogP contribution < -0.4 is 0 Å². The average Bonchev–Trinajstić information content (AvgIpc) is 3.10. The van der Waals surface area contributed by atoms with Gasteiger partial charge in [-0.1, -0.05) is 12.1 Å². The highest BCUT2D eigenvalue weighted by atomic mass is 19.1. The first-order chi connectivity index (χ1) is 12.6. The van der Waals surface area contributed by atoms with Gasteiger partial charge in [0, 0.05) is 12.6 Å². The Morgan fingerprint density at radius 1 is 1.12 bits per heavy atom. The molecule has 6 heteroatoms. The van der Waals surface area contributed by atoms with Gasteiger partial charge in [-0.3, -0.25) is 9.69 Å². The van der Waals surface area contributed by atoms with Crippen LogP contribution in [0.5, 0.6) is 0 Å². The van der Waals surface area contributed by atoms with Crippen LogP contribution in [0.4, 0.5) is 4.39 Å². The van der Waals surface area contributed by atoms with Crippen LogP contribution in [0, 0.1) is 5.82 Å². The standard InChI is InChI=1S/C20H27FN2O3/c1-2-26-20(25)18-6-3-4-13-23(18)19(24)14-22-12-5-7-17(22)15-8-10-16(21)11-9-15/h8-11,17-18H,2-7,12-14H2,1H3. The van der Waals surface area contributed by atoms with Crippen LogP contribution in [-0.2, 0) is 14.3 Å². The van der Waals surface area contributed by atoms with Crippen LogP contribution in [0.3, 0.4) is 0 Å². The van der Waals surface area contributed by atoms with E-state index in [1.807, 2.05) is 0 Å². The van der Waals surface area contributed by atoms with E-state index in [-0.39, 0.29) is 30.3 Å². The highest BCUT2D eigenvalue weighted by Crippen LogP contribution is 2.32. The van der Waals surface area contributed by atoms with Crippen molar-refractivity contribution in [1.82, 2.24) is 9.80 Å². The van der Waals surface area contributed by atoms with Crippen molar-refractivity contribution in [2.75, 3.05) is 26.2 Å². The smallest absolute Gasteiger partial charge is 0.328 e. The molecule has 0 N–H and O–H groups in total. The predicted molar refractivity (Wildman–Crippen MR) is 95.9 cm³/mol. The minimum atomic E-state index is -0.455. The number of benzene rings is 1. The molecule has 0 saturated carbocycles. The molecule has 2 aliphatic heterocycles. The maximum Gasteiger partial charge on any atom is 0.328 e. The molecule has 26 heavy (non-hydrogen) atoms. The second kappa shape index (κ2) is 8.62. The second-order valence-electron chi connectivity index (χ2n) is 7.03. The van der Waals surface area contributed by atoms with Crippen LogP contribution in [0.25, 0.3) is 0 Å². The van der Waals surface area contributed by atoms with E-state index in [1.165, 1.54) is 12.1 Å². The van der Waals surface area contributed by atoms with E-state index in [1.54, 1.807) is 24.0 Å². The molecule has 0 radical (unpaired) electrons. The molecule has 1 aromatic rings. The molecule has 142 valence electrons. The number of ether oxygens (including phenoxy) is 1. The molecule has 2 unspecified atom stereocenters. The normalized spacial score (nSPS) is 23.8. The Bertz CT molecular complexity index is 634. The summed E-state index contributed by atoms with van der Waals surface area (Å²) in [6.45, 7) is 3.85. The molecule has 5 nitrogen and oxygen atoms in total. The van der Waals surface area contributed by atoms with Gasteiger partial charge in [0.1, 0.15) is 11.9 Å². The molecule has 1 amide bonds. The number of hydrogen-bond donors (Lipinski definition) is 0. The fraction of sp³-hybridized carbons (Fsp3) is 0.600. The molecule has 0 bridgehead atoms. The number of carbonyl (C=O) groups excluding carboxylic acids is 2. The highest BCUT2D eigenvalue weighted by Gasteiger charge is 2.35. The Morgan fingerprint density at radius 3 is 2.62 bits per heavy atom. The summed E-state index contributed by atoms with van der Waals surface area (Å²) < 4.78 is 18.3. The molecule has 0 spiro atoms. The van der Waals surface area contributed by atoms with Gasteiger partial charge in [-0.2, -0.15) is 0 Å². The lowest BCUT2D eigenvalue weighted by Crippen LogP contribution is -2.51. The minimum Gasteiger partial charge on any atom is -0.464 e. The van der Waals surface area contributed by atoms with Crippen molar-refractivity contribution in [1.29, 1.82) is 0 Å². The van der Waals surface area contributed by atoms with Gasteiger partial charge in [0.2, 0.25) is 5.91 Å². The lowest BCUT2D eigenvalue weighted by Gasteiger charge is -2.36. The number of likely N-dealkylation sites (tertiary alicyclic amines) is 2. The SMILES string of the molecule is CCOC(=O)C1CCCCN1C(=O)CN1CCCC1c1ccc(F)cc1. The van der Waals surface area contributed by atoms with Gasteiger partial charge in [0.15, 0.2) is 0 Å². The lowest BCUT2D eigenvalue weighted by atomic mass is 10.0. The summed E-state index contributed by atoms with van der Waals surface area (Å²) in [4.78, 5) is 29.0. The first kappa shape index (κ1) is 18.8. The molecule has 2 heterocycles. The Hall–Kier alpha value is -1.95. The van der Waals surface area contributed by atoms with Crippen molar-refractivity contribution in [3.8, 4) is 0 Å². The number of rotatable bonds is 5. The quantitative estimate of drug-likeness (QED) is 0.756. The summed E-state index contributed by atoms with van der Waals surface area (Å²) >= 11 is 0. The number of esters is 1. The van der Waals surface area contributed by atoms with Crippen LogP contribution >= 0.6 is 0 Å². The third kappa shape index (κ3) is 4.23. The summed E-state index contributed by atoms with van der Waals surface area (Å²) in [5.74, 6) is -0.561. The summed E-state index contributed by atoms with van der Waals surface area (Å²) in [5.41, 5.74) is 1.04. The molecule has 2 saturated heterocycles. The molecule has 3 rings (SSSR count). The largest absolute Gasteiger partial charge is 0.464 e. The zero-order chi connectivity index (χ0) is 18.5. The van der Waals surface area contributed by atoms with E-state index in [0.717, 1.165) is 37.8 Å². The maximum absolute atomic E-state index is 13.2. The number of amides is 1. The summed E-state index contributed by atoms with van der Waals surface area (Å²) in [5, 5.41) is 0. The maximum atomic E-state index is 13.2. The van der Waals surface area contributed by atoms with Crippen LogP contribution in [0.1, 0.15) is 50.6 Å². The van der Waals surface area contributed by atoms with E-state index in [4.69, 9.17) is 4.74 Å². The monoisotopic (exact) mass is 362 g/mol. The van der Waals surface area contributed by atoms with E-state index in [0.29, 0.717) is 19.6 Å². The fourth-order valence-electron chi connectivity index (χ4n) is 4.06. The molecule has 2 fully saturated rings. The number of nitrogens with zero attached hydrogens (tertiary/aromatic N) is 2. The molecule has 1 aromatic carbocycles. The van der Waals surface area contributed by atoms with E-state index in [9.17, 15) is 14.0 Å². The van der Waals surface area contributed by atoms with Gasteiger partial charge in [0.05, 0.1) is 13.2 Å². The van der Waals surface area contributed by atoms with Crippen molar-refractivity contribution >= 4 is 11.9 Å². The van der Waals surface area contributed by atoms with Gasteiger partial charge < -0.3 is 9.64 Å². The third-order valence-corrected chi connectivity index (χ3v) is 5.34. The first-order valence-electron chi connectivity index (χ1n) is 9.55.